The number of phenolic OH excluding ortho intramolecular Hbond substituents is 2. The molecule has 1 aromatic rings. The Kier molecular flexibility index (Phi) is 7.83. The van der Waals surface area contributed by atoms with Gasteiger partial charge in [0.25, 0.3) is 0 Å². The van der Waals surface area contributed by atoms with Crippen LogP contribution in [0.3, 0.4) is 0 Å². The lowest BCUT2D eigenvalue weighted by molar-refractivity contribution is -0.139. The van der Waals surface area contributed by atoms with Crippen molar-refractivity contribution < 1.29 is 19.7 Å². The van der Waals surface area contributed by atoms with E-state index in [9.17, 15) is 15.0 Å². The predicted octanol–water partition coefficient (Wildman–Crippen LogP) is 5.02. The monoisotopic (exact) mass is 346 g/mol. The smallest absolute Gasteiger partial charge is 0.333 e. The topological polar surface area (TPSA) is 66.8 Å². The maximum Gasteiger partial charge on any atom is 0.333 e. The number of phenols is 2. The van der Waals surface area contributed by atoms with Gasteiger partial charge in [0.05, 0.1) is 0 Å². The van der Waals surface area contributed by atoms with Crippen molar-refractivity contribution in [1.82, 2.24) is 0 Å². The van der Waals surface area contributed by atoms with E-state index in [2.05, 4.69) is 6.58 Å². The molecule has 1 fully saturated rings. The number of aryl methyl sites for hydroxylation is 1. The molecule has 1 atom stereocenters. The number of esters is 1. The molecule has 1 aromatic carbocycles. The Hall–Kier alpha value is -1.97. The van der Waals surface area contributed by atoms with Gasteiger partial charge in [-0.2, -0.15) is 0 Å². The van der Waals surface area contributed by atoms with Crippen LogP contribution in [-0.2, 0) is 16.0 Å². The van der Waals surface area contributed by atoms with Crippen molar-refractivity contribution in [3.63, 3.8) is 0 Å². The van der Waals surface area contributed by atoms with Gasteiger partial charge in [-0.1, -0.05) is 57.2 Å². The van der Waals surface area contributed by atoms with Gasteiger partial charge in [0, 0.05) is 12.0 Å². The highest BCUT2D eigenvalue weighted by atomic mass is 16.5. The summed E-state index contributed by atoms with van der Waals surface area (Å²) < 4.78 is 5.23. The van der Waals surface area contributed by atoms with Gasteiger partial charge >= 0.3 is 5.97 Å². The van der Waals surface area contributed by atoms with Gasteiger partial charge in [0.15, 0.2) is 11.5 Å². The molecule has 1 heterocycles. The SMILES string of the molecule is C=C1CC(CCCCCCCCCCc2cccc(O)c2O)OC1=O. The summed E-state index contributed by atoms with van der Waals surface area (Å²) in [6, 6.07) is 5.14. The van der Waals surface area contributed by atoms with E-state index in [4.69, 9.17) is 4.74 Å². The van der Waals surface area contributed by atoms with E-state index in [0.717, 1.165) is 37.7 Å². The molecule has 0 spiro atoms. The van der Waals surface area contributed by atoms with Crippen molar-refractivity contribution in [3.05, 3.63) is 35.9 Å². The number of hydrogen-bond donors (Lipinski definition) is 2. The quantitative estimate of drug-likeness (QED) is 0.255. The van der Waals surface area contributed by atoms with E-state index >= 15 is 0 Å². The van der Waals surface area contributed by atoms with Gasteiger partial charge in [-0.25, -0.2) is 4.79 Å². The zero-order valence-electron chi connectivity index (χ0n) is 15.0. The summed E-state index contributed by atoms with van der Waals surface area (Å²) in [5.74, 6) is -0.225. The zero-order chi connectivity index (χ0) is 18.1. The molecule has 2 N–H and O–H groups in total. The third-order valence-electron chi connectivity index (χ3n) is 4.86. The first-order chi connectivity index (χ1) is 12.1. The number of cyclic esters (lactones) is 1. The summed E-state index contributed by atoms with van der Waals surface area (Å²) >= 11 is 0. The van der Waals surface area contributed by atoms with Crippen LogP contribution in [0.15, 0.2) is 30.4 Å². The van der Waals surface area contributed by atoms with Crippen molar-refractivity contribution in [1.29, 1.82) is 0 Å². The van der Waals surface area contributed by atoms with Gasteiger partial charge in [0.2, 0.25) is 0 Å². The number of unbranched alkanes of at least 4 members (excludes halogenated alkanes) is 7. The number of benzene rings is 1. The first kappa shape index (κ1) is 19.4. The maximum atomic E-state index is 11.2. The second kappa shape index (κ2) is 10.1. The summed E-state index contributed by atoms with van der Waals surface area (Å²) in [5.41, 5.74) is 1.44. The molecule has 0 aliphatic carbocycles. The average molecular weight is 346 g/mol. The summed E-state index contributed by atoms with van der Waals surface area (Å²) in [7, 11) is 0. The summed E-state index contributed by atoms with van der Waals surface area (Å²) in [5, 5.41) is 19.2. The third-order valence-corrected chi connectivity index (χ3v) is 4.86. The van der Waals surface area contributed by atoms with Gasteiger partial charge in [-0.05, 0) is 37.3 Å². The lowest BCUT2D eigenvalue weighted by Crippen LogP contribution is -2.06. The van der Waals surface area contributed by atoms with Crippen molar-refractivity contribution in [2.24, 2.45) is 0 Å². The van der Waals surface area contributed by atoms with E-state index in [1.54, 1.807) is 6.07 Å². The van der Waals surface area contributed by atoms with E-state index in [1.807, 2.05) is 6.07 Å². The number of carbonyl (C=O) groups is 1. The summed E-state index contributed by atoms with van der Waals surface area (Å²) in [6.45, 7) is 3.71. The Balaban J connectivity index is 1.42. The molecule has 4 heteroatoms. The Morgan fingerprint density at radius 1 is 1.00 bits per heavy atom. The molecular formula is C21H30O4. The van der Waals surface area contributed by atoms with E-state index in [0.29, 0.717) is 12.0 Å². The Bertz CT molecular complexity index is 563. The van der Waals surface area contributed by atoms with Gasteiger partial charge in [-0.3, -0.25) is 0 Å². The Morgan fingerprint density at radius 3 is 2.28 bits per heavy atom. The van der Waals surface area contributed by atoms with Crippen LogP contribution in [0.1, 0.15) is 69.8 Å². The molecular weight excluding hydrogens is 316 g/mol. The Morgan fingerprint density at radius 2 is 1.64 bits per heavy atom. The van der Waals surface area contributed by atoms with E-state index in [-0.39, 0.29) is 23.6 Å². The summed E-state index contributed by atoms with van der Waals surface area (Å²) in [6.07, 6.45) is 11.9. The zero-order valence-corrected chi connectivity index (χ0v) is 15.0. The number of para-hydroxylation sites is 1. The fraction of sp³-hybridized carbons (Fsp3) is 0.571. The van der Waals surface area contributed by atoms with Gasteiger partial charge in [0.1, 0.15) is 6.10 Å². The molecule has 2 rings (SSSR count). The molecule has 1 aliphatic rings. The average Bonchev–Trinajstić information content (AvgIpc) is 2.91. The molecule has 0 aromatic heterocycles. The third kappa shape index (κ3) is 6.45. The van der Waals surface area contributed by atoms with E-state index in [1.165, 1.54) is 38.2 Å². The fourth-order valence-electron chi connectivity index (χ4n) is 3.32. The lowest BCUT2D eigenvalue weighted by atomic mass is 10.0. The molecule has 0 radical (unpaired) electrons. The van der Waals surface area contributed by atoms with Crippen molar-refractivity contribution in [2.45, 2.75) is 76.7 Å². The van der Waals surface area contributed by atoms with Crippen LogP contribution in [0.25, 0.3) is 0 Å². The fourth-order valence-corrected chi connectivity index (χ4v) is 3.32. The first-order valence-corrected chi connectivity index (χ1v) is 9.46. The van der Waals surface area contributed by atoms with Gasteiger partial charge in [-0.15, -0.1) is 0 Å². The molecule has 0 bridgehead atoms. The minimum atomic E-state index is -0.218. The number of hydrogen-bond acceptors (Lipinski definition) is 4. The second-order valence-corrected chi connectivity index (χ2v) is 6.99. The second-order valence-electron chi connectivity index (χ2n) is 6.99. The molecule has 25 heavy (non-hydrogen) atoms. The molecule has 1 unspecified atom stereocenters. The molecule has 1 saturated heterocycles. The van der Waals surface area contributed by atoms with Gasteiger partial charge < -0.3 is 14.9 Å². The van der Waals surface area contributed by atoms with Crippen molar-refractivity contribution >= 4 is 5.97 Å². The van der Waals surface area contributed by atoms with Crippen molar-refractivity contribution in [3.8, 4) is 11.5 Å². The number of rotatable bonds is 11. The predicted molar refractivity (Wildman–Crippen MR) is 98.7 cm³/mol. The largest absolute Gasteiger partial charge is 0.504 e. The molecule has 1 aliphatic heterocycles. The number of aromatic hydroxyl groups is 2. The van der Waals surface area contributed by atoms with Crippen LogP contribution in [0.2, 0.25) is 0 Å². The van der Waals surface area contributed by atoms with Crippen LogP contribution in [-0.4, -0.2) is 22.3 Å². The molecule has 0 saturated carbocycles. The minimum absolute atomic E-state index is 0.0269. The molecule has 4 nitrogen and oxygen atoms in total. The highest BCUT2D eigenvalue weighted by molar-refractivity contribution is 5.89. The summed E-state index contributed by atoms with van der Waals surface area (Å²) in [4.78, 5) is 11.2. The normalized spacial score (nSPS) is 17.0. The highest BCUT2D eigenvalue weighted by Crippen LogP contribution is 2.29. The van der Waals surface area contributed by atoms with Crippen molar-refractivity contribution in [2.75, 3.05) is 0 Å². The maximum absolute atomic E-state index is 11.2. The Labute approximate surface area is 150 Å². The van der Waals surface area contributed by atoms with E-state index < -0.39 is 0 Å². The van der Waals surface area contributed by atoms with Crippen LogP contribution >= 0.6 is 0 Å². The number of ether oxygens (including phenoxy) is 1. The minimum Gasteiger partial charge on any atom is -0.504 e. The van der Waals surface area contributed by atoms with Crippen LogP contribution in [0.5, 0.6) is 11.5 Å². The standard InChI is InChI=1S/C21H30O4/c1-16-15-18(25-21(16)24)13-9-7-5-3-2-4-6-8-11-17-12-10-14-19(22)20(17)23/h10,12,14,18,22-23H,1-9,11,13,15H2. The lowest BCUT2D eigenvalue weighted by Gasteiger charge is -2.08. The van der Waals surface area contributed by atoms with Crippen LogP contribution in [0, 0.1) is 0 Å². The van der Waals surface area contributed by atoms with Crippen LogP contribution in [0.4, 0.5) is 0 Å². The first-order valence-electron chi connectivity index (χ1n) is 9.46. The molecule has 0 amide bonds. The van der Waals surface area contributed by atoms with Crippen LogP contribution < -0.4 is 0 Å². The molecule has 138 valence electrons. The number of carbonyl (C=O) groups excluding carboxylic acids is 1. The highest BCUT2D eigenvalue weighted by Gasteiger charge is 2.26.